The van der Waals surface area contributed by atoms with Crippen LogP contribution in [0, 0.1) is 39.4 Å². The molecule has 0 radical (unpaired) electrons. The van der Waals surface area contributed by atoms with Crippen LogP contribution in [-0.2, 0) is 0 Å². The van der Waals surface area contributed by atoms with E-state index in [1.54, 1.807) is 0 Å². The quantitative estimate of drug-likeness (QED) is 0.585. The number of rotatable bonds is 2. The maximum absolute atomic E-state index is 11.2. The summed E-state index contributed by atoms with van der Waals surface area (Å²) >= 11 is 0. The van der Waals surface area contributed by atoms with E-state index in [0.29, 0.717) is 30.1 Å². The lowest BCUT2D eigenvalue weighted by atomic mass is 9.46. The van der Waals surface area contributed by atoms with E-state index in [1.165, 1.54) is 12.0 Å². The summed E-state index contributed by atoms with van der Waals surface area (Å²) in [5.74, 6) is 2.15. The molecule has 0 aromatic heterocycles. The fourth-order valence-corrected chi connectivity index (χ4v) is 7.61. The van der Waals surface area contributed by atoms with Crippen LogP contribution in [0.1, 0.15) is 65.7 Å². The second-order valence-corrected chi connectivity index (χ2v) is 9.81. The molecular weight excluding hydrogens is 314 g/mol. The smallest absolute Gasteiger partial charge is 0.0925 e. The molecule has 2 N–H and O–H groups in total. The number of nitroso groups, excluding NO2 is 1. The zero-order chi connectivity index (χ0) is 18.0. The number of aliphatic hydroxyl groups is 2. The Labute approximate surface area is 151 Å². The van der Waals surface area contributed by atoms with E-state index in [9.17, 15) is 15.1 Å². The van der Waals surface area contributed by atoms with Gasteiger partial charge in [0, 0.05) is 11.8 Å². The van der Waals surface area contributed by atoms with Gasteiger partial charge in [-0.15, -0.1) is 0 Å². The van der Waals surface area contributed by atoms with E-state index in [1.807, 2.05) is 6.92 Å². The molecule has 0 heterocycles. The van der Waals surface area contributed by atoms with E-state index < -0.39 is 12.2 Å². The third-order valence-corrected chi connectivity index (χ3v) is 9.00. The lowest BCUT2D eigenvalue weighted by molar-refractivity contribution is -0.106. The van der Waals surface area contributed by atoms with Crippen molar-refractivity contribution in [1.29, 1.82) is 0 Å². The third-order valence-electron chi connectivity index (χ3n) is 9.00. The van der Waals surface area contributed by atoms with Crippen LogP contribution in [-0.4, -0.2) is 28.5 Å². The highest BCUT2D eigenvalue weighted by atomic mass is 16.3. The van der Waals surface area contributed by atoms with Crippen molar-refractivity contribution < 1.29 is 10.2 Å². The van der Waals surface area contributed by atoms with Crippen LogP contribution < -0.4 is 0 Å². The Bertz CT molecular complexity index is 590. The van der Waals surface area contributed by atoms with Crippen LogP contribution in [0.5, 0.6) is 0 Å². The zero-order valence-electron chi connectivity index (χ0n) is 15.8. The van der Waals surface area contributed by atoms with Gasteiger partial charge in [-0.2, -0.15) is 4.91 Å². The highest BCUT2D eigenvalue weighted by Crippen LogP contribution is 2.66. The lowest BCUT2D eigenvalue weighted by Gasteiger charge is -2.59. The minimum absolute atomic E-state index is 0.0905. The normalized spacial score (nSPS) is 53.2. The first-order valence-corrected chi connectivity index (χ1v) is 10.2. The topological polar surface area (TPSA) is 69.9 Å². The number of aliphatic hydroxyl groups excluding tert-OH is 2. The van der Waals surface area contributed by atoms with Crippen molar-refractivity contribution in [1.82, 2.24) is 0 Å². The maximum Gasteiger partial charge on any atom is 0.0925 e. The predicted octanol–water partition coefficient (Wildman–Crippen LogP) is 4.05. The minimum Gasteiger partial charge on any atom is -0.393 e. The molecular formula is C21H33NO3. The molecule has 9 unspecified atom stereocenters. The van der Waals surface area contributed by atoms with E-state index in [2.05, 4.69) is 25.1 Å². The number of hydrogen-bond acceptors (Lipinski definition) is 4. The molecule has 4 aliphatic rings. The van der Waals surface area contributed by atoms with Gasteiger partial charge in [-0.3, -0.25) is 0 Å². The minimum atomic E-state index is -0.438. The van der Waals surface area contributed by atoms with Crippen molar-refractivity contribution in [3.63, 3.8) is 0 Å². The molecule has 4 rings (SSSR count). The van der Waals surface area contributed by atoms with Crippen LogP contribution in [0.15, 0.2) is 16.8 Å². The summed E-state index contributed by atoms with van der Waals surface area (Å²) in [5.41, 5.74) is 1.34. The van der Waals surface area contributed by atoms with Crippen molar-refractivity contribution in [3.8, 4) is 0 Å². The summed E-state index contributed by atoms with van der Waals surface area (Å²) in [4.78, 5) is 11.2. The summed E-state index contributed by atoms with van der Waals surface area (Å²) < 4.78 is 0. The zero-order valence-corrected chi connectivity index (χ0v) is 15.8. The van der Waals surface area contributed by atoms with Crippen LogP contribution in [0.2, 0.25) is 0 Å². The summed E-state index contributed by atoms with van der Waals surface area (Å²) in [7, 11) is 0. The molecule has 0 aromatic carbocycles. The van der Waals surface area contributed by atoms with Crippen LogP contribution in [0.25, 0.3) is 0 Å². The molecule has 4 heteroatoms. The highest BCUT2D eigenvalue weighted by Gasteiger charge is 2.61. The van der Waals surface area contributed by atoms with Gasteiger partial charge in [0.15, 0.2) is 0 Å². The molecule has 0 aliphatic heterocycles. The summed E-state index contributed by atoms with van der Waals surface area (Å²) in [6.45, 7) is 6.64. The van der Waals surface area contributed by atoms with Crippen molar-refractivity contribution in [3.05, 3.63) is 16.6 Å². The Morgan fingerprint density at radius 3 is 2.68 bits per heavy atom. The van der Waals surface area contributed by atoms with E-state index in [-0.39, 0.29) is 16.9 Å². The molecule has 25 heavy (non-hydrogen) atoms. The molecule has 9 atom stereocenters. The average molecular weight is 347 g/mol. The largest absolute Gasteiger partial charge is 0.393 e. The summed E-state index contributed by atoms with van der Waals surface area (Å²) in [6, 6.07) is -0.0905. The summed E-state index contributed by atoms with van der Waals surface area (Å²) in [5, 5.41) is 24.4. The number of hydrogen-bond donors (Lipinski definition) is 2. The van der Waals surface area contributed by atoms with Gasteiger partial charge < -0.3 is 10.2 Å². The molecule has 0 aromatic rings. The average Bonchev–Trinajstić information content (AvgIpc) is 2.93. The first-order chi connectivity index (χ1) is 11.8. The maximum atomic E-state index is 11.2. The summed E-state index contributed by atoms with van der Waals surface area (Å²) in [6.07, 6.45) is 8.40. The Hall–Kier alpha value is -0.740. The monoisotopic (exact) mass is 347 g/mol. The van der Waals surface area contributed by atoms with Gasteiger partial charge in [-0.1, -0.05) is 30.7 Å². The fourth-order valence-electron chi connectivity index (χ4n) is 7.61. The molecule has 3 fully saturated rings. The SMILES string of the molecule is CC(N=O)C1CCC2C3CC=C4CC(O)CC(O)C4(C)C3CCC12C. The number of nitrogens with zero attached hydrogens (tertiary/aromatic N) is 1. The molecule has 4 nitrogen and oxygen atoms in total. The predicted molar refractivity (Wildman–Crippen MR) is 97.8 cm³/mol. The lowest BCUT2D eigenvalue weighted by Crippen LogP contribution is -2.55. The van der Waals surface area contributed by atoms with E-state index >= 15 is 0 Å². The first kappa shape index (κ1) is 17.7. The standard InChI is InChI=1S/C21H33NO3/c1-12(22-25)16-6-7-17-15-5-4-13-10-14(23)11-19(24)21(13,3)18(15)8-9-20(16,17)2/h4,12,14-19,23-24H,5-11H2,1-3H3. The van der Waals surface area contributed by atoms with Gasteiger partial charge in [0.25, 0.3) is 0 Å². The highest BCUT2D eigenvalue weighted by molar-refractivity contribution is 5.27. The molecule has 0 spiro atoms. The van der Waals surface area contributed by atoms with E-state index in [4.69, 9.17) is 0 Å². The Morgan fingerprint density at radius 1 is 1.20 bits per heavy atom. The number of allylic oxidation sites excluding steroid dienone is 1. The molecule has 0 bridgehead atoms. The van der Waals surface area contributed by atoms with Gasteiger partial charge in [-0.25, -0.2) is 0 Å². The molecule has 0 saturated heterocycles. The van der Waals surface area contributed by atoms with E-state index in [0.717, 1.165) is 32.1 Å². The van der Waals surface area contributed by atoms with Gasteiger partial charge in [0.05, 0.1) is 18.2 Å². The van der Waals surface area contributed by atoms with Gasteiger partial charge in [-0.05, 0) is 74.5 Å². The fraction of sp³-hybridized carbons (Fsp3) is 0.905. The second kappa shape index (κ2) is 5.88. The Balaban J connectivity index is 1.67. The van der Waals surface area contributed by atoms with Crippen molar-refractivity contribution in [2.75, 3.05) is 0 Å². The second-order valence-electron chi connectivity index (χ2n) is 9.81. The Kier molecular flexibility index (Phi) is 4.16. The first-order valence-electron chi connectivity index (χ1n) is 10.2. The van der Waals surface area contributed by atoms with Crippen molar-refractivity contribution >= 4 is 0 Å². The van der Waals surface area contributed by atoms with Crippen LogP contribution in [0.3, 0.4) is 0 Å². The molecule has 0 amide bonds. The van der Waals surface area contributed by atoms with Crippen LogP contribution >= 0.6 is 0 Å². The molecule has 4 aliphatic carbocycles. The Morgan fingerprint density at radius 2 is 1.96 bits per heavy atom. The number of fused-ring (bicyclic) bond motifs is 5. The van der Waals surface area contributed by atoms with Crippen molar-refractivity contribution in [2.24, 2.45) is 39.7 Å². The molecule has 140 valence electrons. The van der Waals surface area contributed by atoms with Crippen molar-refractivity contribution in [2.45, 2.75) is 84.0 Å². The third kappa shape index (κ3) is 2.32. The van der Waals surface area contributed by atoms with Crippen LogP contribution in [0.4, 0.5) is 0 Å². The van der Waals surface area contributed by atoms with Gasteiger partial charge in [0.1, 0.15) is 0 Å². The van der Waals surface area contributed by atoms with Gasteiger partial charge >= 0.3 is 0 Å². The van der Waals surface area contributed by atoms with Gasteiger partial charge in [0.2, 0.25) is 0 Å². The molecule has 3 saturated carbocycles.